The summed E-state index contributed by atoms with van der Waals surface area (Å²) in [5.41, 5.74) is 0. The number of methoxy groups -OCH3 is 1. The highest BCUT2D eigenvalue weighted by Gasteiger charge is 2.18. The molecule has 1 heterocycles. The van der Waals surface area contributed by atoms with Crippen molar-refractivity contribution in [3.8, 4) is 0 Å². The maximum atomic E-state index is 5.02. The molecular formula is C15H32N2O. The lowest BCUT2D eigenvalue weighted by molar-refractivity contribution is 0.198. The van der Waals surface area contributed by atoms with Crippen molar-refractivity contribution in [2.75, 3.05) is 46.4 Å². The molecule has 3 heteroatoms. The molecule has 108 valence electrons. The molecule has 0 aromatic carbocycles. The van der Waals surface area contributed by atoms with Crippen molar-refractivity contribution >= 4 is 0 Å². The Morgan fingerprint density at radius 2 is 2.06 bits per heavy atom. The molecule has 0 spiro atoms. The predicted molar refractivity (Wildman–Crippen MR) is 78.0 cm³/mol. The van der Waals surface area contributed by atoms with Crippen LogP contribution >= 0.6 is 0 Å². The van der Waals surface area contributed by atoms with Crippen LogP contribution < -0.4 is 5.32 Å². The summed E-state index contributed by atoms with van der Waals surface area (Å²) in [6.07, 6.45) is 5.48. The lowest BCUT2D eigenvalue weighted by Gasteiger charge is -2.21. The topological polar surface area (TPSA) is 24.5 Å². The van der Waals surface area contributed by atoms with E-state index in [2.05, 4.69) is 24.1 Å². The first-order valence-corrected chi connectivity index (χ1v) is 7.66. The van der Waals surface area contributed by atoms with E-state index in [1.54, 1.807) is 7.11 Å². The van der Waals surface area contributed by atoms with Gasteiger partial charge in [0.15, 0.2) is 0 Å². The van der Waals surface area contributed by atoms with Crippen molar-refractivity contribution in [3.05, 3.63) is 0 Å². The van der Waals surface area contributed by atoms with Crippen LogP contribution in [0.2, 0.25) is 0 Å². The predicted octanol–water partition coefficient (Wildman–Crippen LogP) is 2.37. The number of rotatable bonds is 8. The van der Waals surface area contributed by atoms with E-state index in [9.17, 15) is 0 Å². The third-order valence-electron chi connectivity index (χ3n) is 4.12. The molecule has 0 aromatic heterocycles. The van der Waals surface area contributed by atoms with E-state index in [1.165, 1.54) is 45.3 Å². The Hall–Kier alpha value is -0.120. The Labute approximate surface area is 113 Å². The first kappa shape index (κ1) is 15.9. The van der Waals surface area contributed by atoms with Gasteiger partial charge in [0, 0.05) is 13.7 Å². The van der Waals surface area contributed by atoms with Crippen LogP contribution in [0.25, 0.3) is 0 Å². The van der Waals surface area contributed by atoms with Crippen LogP contribution in [0, 0.1) is 11.8 Å². The number of hydrogen-bond donors (Lipinski definition) is 1. The summed E-state index contributed by atoms with van der Waals surface area (Å²) in [5.74, 6) is 1.82. The fourth-order valence-electron chi connectivity index (χ4n) is 2.80. The quantitative estimate of drug-likeness (QED) is 0.675. The number of ether oxygens (including phenoxy) is 1. The Morgan fingerprint density at radius 3 is 2.78 bits per heavy atom. The first-order chi connectivity index (χ1) is 8.74. The van der Waals surface area contributed by atoms with Crippen molar-refractivity contribution in [2.45, 2.75) is 39.5 Å². The molecule has 0 aliphatic carbocycles. The minimum Gasteiger partial charge on any atom is -0.383 e. The van der Waals surface area contributed by atoms with Gasteiger partial charge in [0.2, 0.25) is 0 Å². The minimum absolute atomic E-state index is 0.819. The molecule has 0 amide bonds. The van der Waals surface area contributed by atoms with E-state index < -0.39 is 0 Å². The van der Waals surface area contributed by atoms with Gasteiger partial charge in [-0.3, -0.25) is 0 Å². The maximum Gasteiger partial charge on any atom is 0.0587 e. The van der Waals surface area contributed by atoms with Gasteiger partial charge in [-0.25, -0.2) is 0 Å². The van der Waals surface area contributed by atoms with Crippen molar-refractivity contribution in [1.82, 2.24) is 10.2 Å². The summed E-state index contributed by atoms with van der Waals surface area (Å²) in [6.45, 7) is 11.5. The van der Waals surface area contributed by atoms with Gasteiger partial charge >= 0.3 is 0 Å². The molecule has 1 aliphatic heterocycles. The Kier molecular flexibility index (Phi) is 8.64. The molecule has 18 heavy (non-hydrogen) atoms. The smallest absolute Gasteiger partial charge is 0.0587 e. The van der Waals surface area contributed by atoms with Crippen LogP contribution in [-0.2, 0) is 4.74 Å². The van der Waals surface area contributed by atoms with E-state index in [1.807, 2.05) is 0 Å². The molecule has 3 nitrogen and oxygen atoms in total. The zero-order chi connectivity index (χ0) is 13.2. The van der Waals surface area contributed by atoms with Crippen LogP contribution in [0.15, 0.2) is 0 Å². The highest BCUT2D eigenvalue weighted by atomic mass is 16.5. The SMILES string of the molecule is COCCNCCCN1CCCC(C(C)C)CC1. The van der Waals surface area contributed by atoms with Gasteiger partial charge in [0.1, 0.15) is 0 Å². The van der Waals surface area contributed by atoms with Gasteiger partial charge in [-0.2, -0.15) is 0 Å². The number of nitrogens with zero attached hydrogens (tertiary/aromatic N) is 1. The van der Waals surface area contributed by atoms with Gasteiger partial charge < -0.3 is 15.0 Å². The molecule has 1 fully saturated rings. The van der Waals surface area contributed by atoms with Crippen LogP contribution in [0.5, 0.6) is 0 Å². The standard InChI is InChI=1S/C15H32N2O/c1-14(2)15-6-4-10-17(12-7-15)11-5-8-16-9-13-18-3/h14-16H,4-13H2,1-3H3. The van der Waals surface area contributed by atoms with E-state index in [-0.39, 0.29) is 0 Å². The Bertz CT molecular complexity index is 197. The number of likely N-dealkylation sites (tertiary alicyclic amines) is 1. The van der Waals surface area contributed by atoms with Gasteiger partial charge in [-0.05, 0) is 63.7 Å². The summed E-state index contributed by atoms with van der Waals surface area (Å²) in [6, 6.07) is 0. The van der Waals surface area contributed by atoms with E-state index in [4.69, 9.17) is 4.74 Å². The zero-order valence-electron chi connectivity index (χ0n) is 12.6. The Balaban J connectivity index is 2.05. The second kappa shape index (κ2) is 9.76. The molecular weight excluding hydrogens is 224 g/mol. The van der Waals surface area contributed by atoms with Gasteiger partial charge in [-0.15, -0.1) is 0 Å². The average molecular weight is 256 g/mol. The lowest BCUT2D eigenvalue weighted by atomic mass is 9.89. The third kappa shape index (κ3) is 6.72. The molecule has 0 radical (unpaired) electrons. The largest absolute Gasteiger partial charge is 0.383 e. The monoisotopic (exact) mass is 256 g/mol. The fourth-order valence-corrected chi connectivity index (χ4v) is 2.80. The van der Waals surface area contributed by atoms with Crippen LogP contribution in [0.4, 0.5) is 0 Å². The van der Waals surface area contributed by atoms with Crippen molar-refractivity contribution in [3.63, 3.8) is 0 Å². The summed E-state index contributed by atoms with van der Waals surface area (Å²) in [4.78, 5) is 2.65. The highest BCUT2D eigenvalue weighted by molar-refractivity contribution is 4.72. The summed E-state index contributed by atoms with van der Waals surface area (Å²) < 4.78 is 5.02. The molecule has 1 saturated heterocycles. The van der Waals surface area contributed by atoms with Crippen LogP contribution in [0.3, 0.4) is 0 Å². The van der Waals surface area contributed by atoms with E-state index in [0.29, 0.717) is 0 Å². The molecule has 0 bridgehead atoms. The molecule has 0 saturated carbocycles. The van der Waals surface area contributed by atoms with Crippen molar-refractivity contribution < 1.29 is 4.74 Å². The molecule has 1 rings (SSSR count). The Morgan fingerprint density at radius 1 is 1.22 bits per heavy atom. The number of hydrogen-bond acceptors (Lipinski definition) is 3. The second-order valence-electron chi connectivity index (χ2n) is 5.87. The van der Waals surface area contributed by atoms with E-state index >= 15 is 0 Å². The molecule has 1 atom stereocenters. The summed E-state index contributed by atoms with van der Waals surface area (Å²) >= 11 is 0. The average Bonchev–Trinajstić information content (AvgIpc) is 2.59. The third-order valence-corrected chi connectivity index (χ3v) is 4.12. The highest BCUT2D eigenvalue weighted by Crippen LogP contribution is 2.24. The normalized spacial score (nSPS) is 22.3. The summed E-state index contributed by atoms with van der Waals surface area (Å²) in [5, 5.41) is 3.42. The first-order valence-electron chi connectivity index (χ1n) is 7.66. The second-order valence-corrected chi connectivity index (χ2v) is 5.87. The van der Waals surface area contributed by atoms with E-state index in [0.717, 1.165) is 31.5 Å². The van der Waals surface area contributed by atoms with Crippen molar-refractivity contribution in [2.24, 2.45) is 11.8 Å². The molecule has 1 unspecified atom stereocenters. The number of nitrogens with one attached hydrogen (secondary N) is 1. The van der Waals surface area contributed by atoms with Crippen molar-refractivity contribution in [1.29, 1.82) is 0 Å². The van der Waals surface area contributed by atoms with Crippen LogP contribution in [-0.4, -0.2) is 51.3 Å². The fraction of sp³-hybridized carbons (Fsp3) is 1.00. The van der Waals surface area contributed by atoms with Gasteiger partial charge in [0.25, 0.3) is 0 Å². The lowest BCUT2D eigenvalue weighted by Crippen LogP contribution is -2.29. The summed E-state index contributed by atoms with van der Waals surface area (Å²) in [7, 11) is 1.75. The zero-order valence-corrected chi connectivity index (χ0v) is 12.6. The van der Waals surface area contributed by atoms with Gasteiger partial charge in [0.05, 0.1) is 6.61 Å². The maximum absolute atomic E-state index is 5.02. The minimum atomic E-state index is 0.819. The van der Waals surface area contributed by atoms with Crippen LogP contribution in [0.1, 0.15) is 39.5 Å². The molecule has 1 N–H and O–H groups in total. The molecule has 1 aliphatic rings. The van der Waals surface area contributed by atoms with Gasteiger partial charge in [-0.1, -0.05) is 13.8 Å². The molecule has 0 aromatic rings.